The highest BCUT2D eigenvalue weighted by molar-refractivity contribution is 5.85. The number of imidazole rings is 1. The number of benzene rings is 4. The van der Waals surface area contributed by atoms with Crippen LogP contribution >= 0.6 is 0 Å². The van der Waals surface area contributed by atoms with Crippen molar-refractivity contribution in [3.63, 3.8) is 0 Å². The van der Waals surface area contributed by atoms with E-state index < -0.39 is 0 Å². The molecule has 178 valence electrons. The lowest BCUT2D eigenvalue weighted by molar-refractivity contribution is 0.299. The molecule has 0 spiro atoms. The molecular weight excluding hydrogens is 432 g/mol. The molecule has 0 N–H and O–H groups in total. The van der Waals surface area contributed by atoms with Crippen molar-refractivity contribution < 1.29 is 9.47 Å². The van der Waals surface area contributed by atoms with Crippen molar-refractivity contribution in [3.05, 3.63) is 101 Å². The fourth-order valence-electron chi connectivity index (χ4n) is 4.81. The van der Waals surface area contributed by atoms with Crippen LogP contribution in [0.2, 0.25) is 0 Å². The Labute approximate surface area is 207 Å². The first-order valence-electron chi connectivity index (χ1n) is 12.3. The standard InChI is InChI=1S/C31H32N2O2/c1-21-10-15-30(22(2)18-21)35-17-7-16-33-29-9-6-5-8-28(29)32-31(33)23(3)24-11-12-26-20-27(34-4)14-13-25(26)19-24/h5-6,8-15,18-20,23H,7,16-17H2,1-4H3. The summed E-state index contributed by atoms with van der Waals surface area (Å²) in [4.78, 5) is 5.06. The molecule has 0 saturated heterocycles. The van der Waals surface area contributed by atoms with E-state index in [1.165, 1.54) is 33.0 Å². The van der Waals surface area contributed by atoms with Gasteiger partial charge in [-0.05, 0) is 72.5 Å². The Morgan fingerprint density at radius 2 is 1.69 bits per heavy atom. The lowest BCUT2D eigenvalue weighted by Crippen LogP contribution is -2.11. The van der Waals surface area contributed by atoms with Gasteiger partial charge in [-0.1, -0.05) is 61.0 Å². The highest BCUT2D eigenvalue weighted by Gasteiger charge is 2.18. The first-order valence-corrected chi connectivity index (χ1v) is 12.3. The molecule has 0 fully saturated rings. The Hall–Kier alpha value is -3.79. The summed E-state index contributed by atoms with van der Waals surface area (Å²) in [7, 11) is 1.70. The molecule has 4 nitrogen and oxygen atoms in total. The van der Waals surface area contributed by atoms with Crippen LogP contribution in [0.5, 0.6) is 11.5 Å². The first-order chi connectivity index (χ1) is 17.0. The molecule has 4 aromatic carbocycles. The van der Waals surface area contributed by atoms with Crippen LogP contribution in [0.1, 0.15) is 41.8 Å². The van der Waals surface area contributed by atoms with E-state index in [1.807, 2.05) is 6.07 Å². The molecule has 0 aliphatic rings. The molecule has 0 aliphatic carbocycles. The number of rotatable bonds is 8. The molecule has 0 amide bonds. The van der Waals surface area contributed by atoms with Gasteiger partial charge in [0.2, 0.25) is 0 Å². The number of fused-ring (bicyclic) bond motifs is 2. The van der Waals surface area contributed by atoms with Crippen LogP contribution < -0.4 is 9.47 Å². The highest BCUT2D eigenvalue weighted by Crippen LogP contribution is 2.31. The predicted octanol–water partition coefficient (Wildman–Crippen LogP) is 7.44. The summed E-state index contributed by atoms with van der Waals surface area (Å²) in [5.74, 6) is 3.09. The van der Waals surface area contributed by atoms with Crippen molar-refractivity contribution in [2.24, 2.45) is 0 Å². The van der Waals surface area contributed by atoms with Crippen LogP contribution in [-0.4, -0.2) is 23.3 Å². The van der Waals surface area contributed by atoms with Crippen molar-refractivity contribution in [1.82, 2.24) is 9.55 Å². The van der Waals surface area contributed by atoms with Gasteiger partial charge in [-0.25, -0.2) is 4.98 Å². The molecule has 0 bridgehead atoms. The van der Waals surface area contributed by atoms with Gasteiger partial charge in [0.05, 0.1) is 24.8 Å². The van der Waals surface area contributed by atoms with Crippen molar-refractivity contribution in [3.8, 4) is 11.5 Å². The van der Waals surface area contributed by atoms with Gasteiger partial charge in [0, 0.05) is 12.5 Å². The van der Waals surface area contributed by atoms with E-state index in [0.29, 0.717) is 6.61 Å². The minimum atomic E-state index is 0.161. The maximum absolute atomic E-state index is 6.11. The van der Waals surface area contributed by atoms with Crippen molar-refractivity contribution >= 4 is 21.8 Å². The monoisotopic (exact) mass is 464 g/mol. The summed E-state index contributed by atoms with van der Waals surface area (Å²) in [5, 5.41) is 2.39. The van der Waals surface area contributed by atoms with Gasteiger partial charge in [-0.3, -0.25) is 0 Å². The third-order valence-corrected chi connectivity index (χ3v) is 6.76. The second-order valence-electron chi connectivity index (χ2n) is 9.28. The fraction of sp³-hybridized carbons (Fsp3) is 0.258. The van der Waals surface area contributed by atoms with Crippen LogP contribution in [0.25, 0.3) is 21.8 Å². The van der Waals surface area contributed by atoms with Crippen molar-refractivity contribution in [1.29, 1.82) is 0 Å². The second kappa shape index (κ2) is 9.83. The number of hydrogen-bond donors (Lipinski definition) is 0. The van der Waals surface area contributed by atoms with Crippen LogP contribution in [0.15, 0.2) is 78.9 Å². The molecule has 5 rings (SSSR count). The van der Waals surface area contributed by atoms with E-state index in [1.54, 1.807) is 7.11 Å². The van der Waals surface area contributed by atoms with Crippen LogP contribution in [0, 0.1) is 13.8 Å². The molecule has 0 radical (unpaired) electrons. The third-order valence-electron chi connectivity index (χ3n) is 6.76. The molecule has 1 unspecified atom stereocenters. The van der Waals surface area contributed by atoms with Crippen LogP contribution in [0.4, 0.5) is 0 Å². The Morgan fingerprint density at radius 1 is 0.886 bits per heavy atom. The molecule has 1 atom stereocenters. The van der Waals surface area contributed by atoms with Gasteiger partial charge < -0.3 is 14.0 Å². The topological polar surface area (TPSA) is 36.3 Å². The fourth-order valence-corrected chi connectivity index (χ4v) is 4.81. The quantitative estimate of drug-likeness (QED) is 0.224. The zero-order chi connectivity index (χ0) is 24.4. The average molecular weight is 465 g/mol. The largest absolute Gasteiger partial charge is 0.497 e. The lowest BCUT2D eigenvalue weighted by atomic mass is 9.97. The van der Waals surface area contributed by atoms with Crippen LogP contribution in [0.3, 0.4) is 0 Å². The molecule has 1 heterocycles. The predicted molar refractivity (Wildman–Crippen MR) is 144 cm³/mol. The third kappa shape index (κ3) is 4.74. The molecule has 0 saturated carbocycles. The van der Waals surface area contributed by atoms with E-state index >= 15 is 0 Å². The second-order valence-corrected chi connectivity index (χ2v) is 9.28. The highest BCUT2D eigenvalue weighted by atomic mass is 16.5. The van der Waals surface area contributed by atoms with Gasteiger partial charge in [0.25, 0.3) is 0 Å². The summed E-state index contributed by atoms with van der Waals surface area (Å²) in [6, 6.07) is 27.6. The van der Waals surface area contributed by atoms with E-state index in [9.17, 15) is 0 Å². The minimum absolute atomic E-state index is 0.161. The van der Waals surface area contributed by atoms with Gasteiger partial charge in [0.15, 0.2) is 0 Å². The molecule has 0 aliphatic heterocycles. The molecule has 5 aromatic rings. The van der Waals surface area contributed by atoms with Crippen molar-refractivity contribution in [2.45, 2.75) is 39.7 Å². The normalized spacial score (nSPS) is 12.2. The minimum Gasteiger partial charge on any atom is -0.497 e. The number of hydrogen-bond acceptors (Lipinski definition) is 3. The molecule has 4 heteroatoms. The van der Waals surface area contributed by atoms with Gasteiger partial charge in [-0.2, -0.15) is 0 Å². The number of aromatic nitrogens is 2. The zero-order valence-electron chi connectivity index (χ0n) is 20.9. The smallest absolute Gasteiger partial charge is 0.122 e. The first kappa shape index (κ1) is 23.0. The maximum atomic E-state index is 6.11. The van der Waals surface area contributed by atoms with E-state index in [4.69, 9.17) is 14.5 Å². The molecular formula is C31H32N2O2. The summed E-state index contributed by atoms with van der Waals surface area (Å²) < 4.78 is 13.9. The average Bonchev–Trinajstić information content (AvgIpc) is 3.25. The Kier molecular flexibility index (Phi) is 6.45. The van der Waals surface area contributed by atoms with Crippen molar-refractivity contribution in [2.75, 3.05) is 13.7 Å². The van der Waals surface area contributed by atoms with E-state index in [-0.39, 0.29) is 5.92 Å². The lowest BCUT2D eigenvalue weighted by Gasteiger charge is -2.17. The number of aryl methyl sites for hydroxylation is 3. The number of nitrogens with zero attached hydrogens (tertiary/aromatic N) is 2. The van der Waals surface area contributed by atoms with Gasteiger partial charge >= 0.3 is 0 Å². The number of methoxy groups -OCH3 is 1. The zero-order valence-corrected chi connectivity index (χ0v) is 20.9. The summed E-state index contributed by atoms with van der Waals surface area (Å²) in [6.45, 7) is 7.98. The Balaban J connectivity index is 1.39. The van der Waals surface area contributed by atoms with Gasteiger partial charge in [0.1, 0.15) is 17.3 Å². The number of para-hydroxylation sites is 2. The molecule has 1 aromatic heterocycles. The van der Waals surface area contributed by atoms with E-state index in [0.717, 1.165) is 35.8 Å². The van der Waals surface area contributed by atoms with Crippen LogP contribution in [-0.2, 0) is 6.54 Å². The van der Waals surface area contributed by atoms with E-state index in [2.05, 4.69) is 98.1 Å². The SMILES string of the molecule is COc1ccc2cc(C(C)c3nc4ccccc4n3CCCOc3ccc(C)cc3C)ccc2c1. The summed E-state index contributed by atoms with van der Waals surface area (Å²) >= 11 is 0. The summed E-state index contributed by atoms with van der Waals surface area (Å²) in [6.07, 6.45) is 0.908. The van der Waals surface area contributed by atoms with Gasteiger partial charge in [-0.15, -0.1) is 0 Å². The molecule has 35 heavy (non-hydrogen) atoms. The Morgan fingerprint density at radius 3 is 2.51 bits per heavy atom. The number of ether oxygens (including phenoxy) is 2. The summed E-state index contributed by atoms with van der Waals surface area (Å²) in [5.41, 5.74) is 5.90. The maximum Gasteiger partial charge on any atom is 0.122 e. The Bertz CT molecular complexity index is 1480.